The van der Waals surface area contributed by atoms with E-state index in [1.807, 2.05) is 26.0 Å². The predicted octanol–water partition coefficient (Wildman–Crippen LogP) is 1.28. The van der Waals surface area contributed by atoms with E-state index in [0.717, 1.165) is 17.1 Å². The molecule has 1 aromatic rings. The molecule has 0 saturated heterocycles. The summed E-state index contributed by atoms with van der Waals surface area (Å²) in [6.45, 7) is 4.01. The standard InChI is InChI=1S/C10H14N2O2/c1-7-4-9(5-8(2)12-7)11-6-10(13)14-3/h4-5H,6H2,1-3H3,(H,11,12). The van der Waals surface area contributed by atoms with Gasteiger partial charge in [0.2, 0.25) is 0 Å². The summed E-state index contributed by atoms with van der Waals surface area (Å²) in [6, 6.07) is 3.77. The normalized spacial score (nSPS) is 9.64. The minimum absolute atomic E-state index is 0.180. The Hall–Kier alpha value is -1.58. The Morgan fingerprint density at radius 2 is 2.00 bits per heavy atom. The van der Waals surface area contributed by atoms with Gasteiger partial charge >= 0.3 is 5.97 Å². The number of nitrogens with one attached hydrogen (secondary N) is 1. The molecule has 0 amide bonds. The first-order valence-electron chi connectivity index (χ1n) is 4.38. The Morgan fingerprint density at radius 3 is 2.50 bits per heavy atom. The van der Waals surface area contributed by atoms with Gasteiger partial charge in [-0.05, 0) is 26.0 Å². The Morgan fingerprint density at radius 1 is 1.43 bits per heavy atom. The quantitative estimate of drug-likeness (QED) is 0.736. The molecule has 1 aromatic heterocycles. The highest BCUT2D eigenvalue weighted by atomic mass is 16.5. The Balaban J connectivity index is 2.63. The summed E-state index contributed by atoms with van der Waals surface area (Å²) >= 11 is 0. The zero-order valence-corrected chi connectivity index (χ0v) is 8.63. The fraction of sp³-hybridized carbons (Fsp3) is 0.400. The van der Waals surface area contributed by atoms with E-state index >= 15 is 0 Å². The lowest BCUT2D eigenvalue weighted by Gasteiger charge is -2.06. The van der Waals surface area contributed by atoms with E-state index in [1.165, 1.54) is 7.11 Å². The van der Waals surface area contributed by atoms with Crippen molar-refractivity contribution in [1.82, 2.24) is 4.98 Å². The van der Waals surface area contributed by atoms with Crippen LogP contribution < -0.4 is 5.32 Å². The summed E-state index contributed by atoms with van der Waals surface area (Å²) in [5.74, 6) is -0.280. The van der Waals surface area contributed by atoms with E-state index in [9.17, 15) is 4.79 Å². The van der Waals surface area contributed by atoms with Crippen molar-refractivity contribution < 1.29 is 9.53 Å². The second-order valence-electron chi connectivity index (χ2n) is 3.07. The molecule has 4 nitrogen and oxygen atoms in total. The first-order valence-corrected chi connectivity index (χ1v) is 4.38. The van der Waals surface area contributed by atoms with Gasteiger partial charge in [0.05, 0.1) is 7.11 Å². The zero-order valence-electron chi connectivity index (χ0n) is 8.63. The molecule has 0 aromatic carbocycles. The van der Waals surface area contributed by atoms with Crippen molar-refractivity contribution in [2.24, 2.45) is 0 Å². The molecule has 0 spiro atoms. The van der Waals surface area contributed by atoms with Gasteiger partial charge in [0.1, 0.15) is 6.54 Å². The maximum Gasteiger partial charge on any atom is 0.325 e. The van der Waals surface area contributed by atoms with E-state index < -0.39 is 0 Å². The van der Waals surface area contributed by atoms with E-state index in [2.05, 4.69) is 15.0 Å². The van der Waals surface area contributed by atoms with Gasteiger partial charge in [-0.2, -0.15) is 0 Å². The number of rotatable bonds is 3. The number of aromatic nitrogens is 1. The molecular formula is C10H14N2O2. The highest BCUT2D eigenvalue weighted by molar-refractivity contribution is 5.74. The molecule has 0 radical (unpaired) electrons. The minimum atomic E-state index is -0.280. The summed E-state index contributed by atoms with van der Waals surface area (Å²) < 4.78 is 4.52. The number of anilines is 1. The summed E-state index contributed by atoms with van der Waals surface area (Å²) in [7, 11) is 1.37. The van der Waals surface area contributed by atoms with E-state index in [0.29, 0.717) is 0 Å². The Bertz CT molecular complexity index is 317. The molecule has 0 saturated carbocycles. The SMILES string of the molecule is COC(=O)CNc1cc(C)nc(C)c1. The second-order valence-corrected chi connectivity index (χ2v) is 3.07. The van der Waals surface area contributed by atoms with Gasteiger partial charge in [0.25, 0.3) is 0 Å². The molecular weight excluding hydrogens is 180 g/mol. The first kappa shape index (κ1) is 10.5. The van der Waals surface area contributed by atoms with Crippen LogP contribution in [0.4, 0.5) is 5.69 Å². The fourth-order valence-corrected chi connectivity index (χ4v) is 1.18. The summed E-state index contributed by atoms with van der Waals surface area (Å²) in [5, 5.41) is 2.96. The molecule has 0 fully saturated rings. The lowest BCUT2D eigenvalue weighted by Crippen LogP contribution is -2.15. The van der Waals surface area contributed by atoms with Gasteiger partial charge in [-0.3, -0.25) is 9.78 Å². The maximum absolute atomic E-state index is 10.9. The number of nitrogens with zero attached hydrogens (tertiary/aromatic N) is 1. The number of hydrogen-bond donors (Lipinski definition) is 1. The Kier molecular flexibility index (Phi) is 3.45. The van der Waals surface area contributed by atoms with Crippen molar-refractivity contribution in [3.8, 4) is 0 Å². The molecule has 0 aliphatic heterocycles. The van der Waals surface area contributed by atoms with Crippen LogP contribution in [-0.2, 0) is 9.53 Å². The van der Waals surface area contributed by atoms with E-state index in [1.54, 1.807) is 0 Å². The van der Waals surface area contributed by atoms with Gasteiger partial charge in [0, 0.05) is 17.1 Å². The third-order valence-corrected chi connectivity index (χ3v) is 1.75. The van der Waals surface area contributed by atoms with Crippen molar-refractivity contribution in [3.05, 3.63) is 23.5 Å². The minimum Gasteiger partial charge on any atom is -0.468 e. The number of ether oxygens (including phenoxy) is 1. The third-order valence-electron chi connectivity index (χ3n) is 1.75. The molecule has 1 heterocycles. The number of carbonyl (C=O) groups excluding carboxylic acids is 1. The molecule has 0 unspecified atom stereocenters. The van der Waals surface area contributed by atoms with Crippen LogP contribution in [0.3, 0.4) is 0 Å². The third kappa shape index (κ3) is 3.05. The monoisotopic (exact) mass is 194 g/mol. The topological polar surface area (TPSA) is 51.2 Å². The maximum atomic E-state index is 10.9. The fourth-order valence-electron chi connectivity index (χ4n) is 1.18. The molecule has 0 atom stereocenters. The number of hydrogen-bond acceptors (Lipinski definition) is 4. The van der Waals surface area contributed by atoms with Gasteiger partial charge in [-0.15, -0.1) is 0 Å². The summed E-state index contributed by atoms with van der Waals surface area (Å²) in [4.78, 5) is 15.1. The number of esters is 1. The molecule has 0 aliphatic carbocycles. The highest BCUT2D eigenvalue weighted by Gasteiger charge is 2.00. The van der Waals surface area contributed by atoms with Crippen LogP contribution in [0.2, 0.25) is 0 Å². The molecule has 1 N–H and O–H groups in total. The van der Waals surface area contributed by atoms with Crippen LogP contribution in [0.15, 0.2) is 12.1 Å². The average Bonchev–Trinajstić information content (AvgIpc) is 2.12. The lowest BCUT2D eigenvalue weighted by atomic mass is 10.3. The van der Waals surface area contributed by atoms with Crippen LogP contribution in [0.25, 0.3) is 0 Å². The van der Waals surface area contributed by atoms with Crippen LogP contribution in [0, 0.1) is 13.8 Å². The molecule has 0 bridgehead atoms. The van der Waals surface area contributed by atoms with Crippen LogP contribution in [0.5, 0.6) is 0 Å². The summed E-state index contributed by atoms with van der Waals surface area (Å²) in [6.07, 6.45) is 0. The smallest absolute Gasteiger partial charge is 0.325 e. The first-order chi connectivity index (χ1) is 6.61. The predicted molar refractivity (Wildman–Crippen MR) is 54.2 cm³/mol. The Labute approximate surface area is 83.3 Å². The number of carbonyl (C=O) groups is 1. The van der Waals surface area contributed by atoms with Crippen molar-refractivity contribution in [3.63, 3.8) is 0 Å². The molecule has 4 heteroatoms. The second kappa shape index (κ2) is 4.60. The molecule has 76 valence electrons. The van der Waals surface area contributed by atoms with E-state index in [-0.39, 0.29) is 12.5 Å². The van der Waals surface area contributed by atoms with Gasteiger partial charge in [-0.1, -0.05) is 0 Å². The number of pyridine rings is 1. The van der Waals surface area contributed by atoms with Crippen molar-refractivity contribution in [1.29, 1.82) is 0 Å². The zero-order chi connectivity index (χ0) is 10.6. The van der Waals surface area contributed by atoms with E-state index in [4.69, 9.17) is 0 Å². The molecule has 14 heavy (non-hydrogen) atoms. The lowest BCUT2D eigenvalue weighted by molar-refractivity contribution is -0.138. The summed E-state index contributed by atoms with van der Waals surface area (Å²) in [5.41, 5.74) is 2.75. The molecule has 0 aliphatic rings. The van der Waals surface area contributed by atoms with Crippen LogP contribution in [0.1, 0.15) is 11.4 Å². The van der Waals surface area contributed by atoms with Crippen LogP contribution >= 0.6 is 0 Å². The van der Waals surface area contributed by atoms with Gasteiger partial charge < -0.3 is 10.1 Å². The van der Waals surface area contributed by atoms with Crippen molar-refractivity contribution in [2.45, 2.75) is 13.8 Å². The average molecular weight is 194 g/mol. The van der Waals surface area contributed by atoms with Crippen molar-refractivity contribution >= 4 is 11.7 Å². The van der Waals surface area contributed by atoms with Crippen LogP contribution in [-0.4, -0.2) is 24.6 Å². The number of aryl methyl sites for hydroxylation is 2. The van der Waals surface area contributed by atoms with Gasteiger partial charge in [-0.25, -0.2) is 0 Å². The highest BCUT2D eigenvalue weighted by Crippen LogP contribution is 2.09. The van der Waals surface area contributed by atoms with Crippen molar-refractivity contribution in [2.75, 3.05) is 19.0 Å². The van der Waals surface area contributed by atoms with Gasteiger partial charge in [0.15, 0.2) is 0 Å². The molecule has 1 rings (SSSR count). The number of methoxy groups -OCH3 is 1. The largest absolute Gasteiger partial charge is 0.468 e.